The highest BCUT2D eigenvalue weighted by atomic mass is 19.4. The van der Waals surface area contributed by atoms with Crippen LogP contribution in [0.5, 0.6) is 17.2 Å². The number of hydrogen-bond acceptors (Lipinski definition) is 5. The van der Waals surface area contributed by atoms with Crippen molar-refractivity contribution in [3.63, 3.8) is 0 Å². The number of benzene rings is 2. The second kappa shape index (κ2) is 8.20. The van der Waals surface area contributed by atoms with Crippen molar-refractivity contribution < 1.29 is 36.9 Å². The zero-order chi connectivity index (χ0) is 21.2. The Morgan fingerprint density at radius 3 is 2.14 bits per heavy atom. The lowest BCUT2D eigenvalue weighted by atomic mass is 10.1. The van der Waals surface area contributed by atoms with E-state index in [9.17, 15) is 18.0 Å². The first kappa shape index (κ1) is 20.8. The van der Waals surface area contributed by atoms with E-state index in [4.69, 9.17) is 14.2 Å². The van der Waals surface area contributed by atoms with Gasteiger partial charge in [-0.1, -0.05) is 18.2 Å². The highest BCUT2D eigenvalue weighted by molar-refractivity contribution is 5.83. The smallest absolute Gasteiger partial charge is 0.496 e. The van der Waals surface area contributed by atoms with Crippen molar-refractivity contribution in [2.24, 2.45) is 0 Å². The van der Waals surface area contributed by atoms with Gasteiger partial charge in [-0.25, -0.2) is 0 Å². The number of methoxy groups -OCH3 is 2. The fourth-order valence-corrected chi connectivity index (χ4v) is 3.18. The van der Waals surface area contributed by atoms with Gasteiger partial charge in [0.2, 0.25) is 0 Å². The molecule has 9 heteroatoms. The number of nitrogens with zero attached hydrogens (tertiary/aromatic N) is 1. The molecule has 1 unspecified atom stereocenters. The summed E-state index contributed by atoms with van der Waals surface area (Å²) in [5, 5.41) is 0. The van der Waals surface area contributed by atoms with E-state index in [1.165, 1.54) is 43.4 Å². The number of ether oxygens (including phenoxy) is 4. The van der Waals surface area contributed by atoms with E-state index in [2.05, 4.69) is 4.74 Å². The summed E-state index contributed by atoms with van der Waals surface area (Å²) in [6, 6.07) is 10.6. The van der Waals surface area contributed by atoms with Gasteiger partial charge in [-0.05, 0) is 36.8 Å². The van der Waals surface area contributed by atoms with Crippen LogP contribution in [0.1, 0.15) is 24.3 Å². The van der Waals surface area contributed by atoms with Crippen LogP contribution in [0, 0.1) is 0 Å². The summed E-state index contributed by atoms with van der Waals surface area (Å²) in [6.45, 7) is 1.76. The van der Waals surface area contributed by atoms with E-state index in [-0.39, 0.29) is 18.2 Å². The lowest BCUT2D eigenvalue weighted by molar-refractivity contribution is -0.274. The molecule has 1 saturated heterocycles. The Bertz CT molecular complexity index is 847. The second-order valence-electron chi connectivity index (χ2n) is 6.36. The van der Waals surface area contributed by atoms with E-state index >= 15 is 0 Å². The first-order valence-corrected chi connectivity index (χ1v) is 8.75. The zero-order valence-electron chi connectivity index (χ0n) is 16.0. The molecule has 1 aliphatic rings. The SMILES string of the molecule is COc1cccc(OC)c1[C@H]1OC(C)C(=O)N1Cc1ccc(OC(F)(F)F)cc1. The molecule has 2 atom stereocenters. The molecule has 1 heterocycles. The molecule has 0 spiro atoms. The number of halogens is 3. The van der Waals surface area contributed by atoms with Gasteiger partial charge in [-0.3, -0.25) is 4.79 Å². The summed E-state index contributed by atoms with van der Waals surface area (Å²) in [5.41, 5.74) is 1.18. The Kier molecular flexibility index (Phi) is 5.88. The maximum atomic E-state index is 12.7. The quantitative estimate of drug-likeness (QED) is 0.718. The number of alkyl halides is 3. The fraction of sp³-hybridized carbons (Fsp3) is 0.350. The molecule has 29 heavy (non-hydrogen) atoms. The van der Waals surface area contributed by atoms with Gasteiger partial charge in [0, 0.05) is 6.54 Å². The molecule has 156 valence electrons. The molecule has 3 rings (SSSR count). The average molecular weight is 411 g/mol. The number of amides is 1. The van der Waals surface area contributed by atoms with Crippen LogP contribution in [-0.4, -0.2) is 37.5 Å². The van der Waals surface area contributed by atoms with Gasteiger partial charge in [-0.2, -0.15) is 0 Å². The predicted octanol–water partition coefficient (Wildman–Crippen LogP) is 4.05. The van der Waals surface area contributed by atoms with Crippen LogP contribution >= 0.6 is 0 Å². The minimum atomic E-state index is -4.76. The molecule has 1 fully saturated rings. The second-order valence-corrected chi connectivity index (χ2v) is 6.36. The third kappa shape index (κ3) is 4.56. The molecule has 0 bridgehead atoms. The molecule has 1 amide bonds. The Hall–Kier alpha value is -2.94. The first-order valence-electron chi connectivity index (χ1n) is 8.75. The highest BCUT2D eigenvalue weighted by Gasteiger charge is 2.41. The van der Waals surface area contributed by atoms with Crippen molar-refractivity contribution in [2.75, 3.05) is 14.2 Å². The third-order valence-electron chi connectivity index (χ3n) is 4.47. The normalized spacial score (nSPS) is 19.4. The van der Waals surface area contributed by atoms with Crippen molar-refractivity contribution in [1.82, 2.24) is 4.90 Å². The van der Waals surface area contributed by atoms with E-state index in [1.54, 1.807) is 25.1 Å². The van der Waals surface area contributed by atoms with Gasteiger partial charge in [0.1, 0.15) is 23.4 Å². The zero-order valence-corrected chi connectivity index (χ0v) is 16.0. The third-order valence-corrected chi connectivity index (χ3v) is 4.47. The Labute approximate surface area is 165 Å². The molecule has 0 saturated carbocycles. The van der Waals surface area contributed by atoms with E-state index in [1.807, 2.05) is 0 Å². The summed E-state index contributed by atoms with van der Waals surface area (Å²) in [6.07, 6.45) is -6.22. The molecule has 0 N–H and O–H groups in total. The van der Waals surface area contributed by atoms with Crippen molar-refractivity contribution in [1.29, 1.82) is 0 Å². The Morgan fingerprint density at radius 2 is 1.62 bits per heavy atom. The lowest BCUT2D eigenvalue weighted by Gasteiger charge is -2.26. The maximum absolute atomic E-state index is 12.7. The van der Waals surface area contributed by atoms with Crippen molar-refractivity contribution in [3.8, 4) is 17.2 Å². The number of carbonyl (C=O) groups excluding carboxylic acids is 1. The van der Waals surface area contributed by atoms with Crippen LogP contribution in [0.4, 0.5) is 13.2 Å². The molecule has 0 aromatic heterocycles. The van der Waals surface area contributed by atoms with Gasteiger partial charge in [0.25, 0.3) is 5.91 Å². The number of rotatable bonds is 6. The summed E-state index contributed by atoms with van der Waals surface area (Å²) in [7, 11) is 3.00. The standard InChI is InChI=1S/C20H20F3NO5/c1-12-18(25)24(11-13-7-9-14(10-8-13)29-20(21,22)23)19(28-12)17-15(26-2)5-4-6-16(17)27-3/h4-10,12,19H,11H2,1-3H3/t12?,19-/m1/s1. The largest absolute Gasteiger partial charge is 0.573 e. The minimum Gasteiger partial charge on any atom is -0.496 e. The molecule has 2 aromatic rings. The Morgan fingerprint density at radius 1 is 1.03 bits per heavy atom. The van der Waals surface area contributed by atoms with Crippen LogP contribution in [0.25, 0.3) is 0 Å². The van der Waals surface area contributed by atoms with Gasteiger partial charge < -0.3 is 23.8 Å². The average Bonchev–Trinajstić information content (AvgIpc) is 2.95. The topological polar surface area (TPSA) is 57.2 Å². The molecule has 1 aliphatic heterocycles. The molecule has 6 nitrogen and oxygen atoms in total. The molecular weight excluding hydrogens is 391 g/mol. The van der Waals surface area contributed by atoms with Crippen LogP contribution in [-0.2, 0) is 16.1 Å². The maximum Gasteiger partial charge on any atom is 0.573 e. The van der Waals surface area contributed by atoms with Gasteiger partial charge in [-0.15, -0.1) is 13.2 Å². The van der Waals surface area contributed by atoms with Crippen LogP contribution in [0.15, 0.2) is 42.5 Å². The van der Waals surface area contributed by atoms with Crippen LogP contribution in [0.3, 0.4) is 0 Å². The fourth-order valence-electron chi connectivity index (χ4n) is 3.18. The summed E-state index contributed by atoms with van der Waals surface area (Å²) >= 11 is 0. The van der Waals surface area contributed by atoms with Crippen molar-refractivity contribution in [3.05, 3.63) is 53.6 Å². The van der Waals surface area contributed by atoms with Crippen LogP contribution < -0.4 is 14.2 Å². The summed E-state index contributed by atoms with van der Waals surface area (Å²) < 4.78 is 57.6. The molecule has 2 aromatic carbocycles. The van der Waals surface area contributed by atoms with E-state index in [0.717, 1.165) is 0 Å². The van der Waals surface area contributed by atoms with Gasteiger partial charge in [0.05, 0.1) is 19.8 Å². The predicted molar refractivity (Wildman–Crippen MR) is 96.5 cm³/mol. The highest BCUT2D eigenvalue weighted by Crippen LogP contribution is 2.42. The monoisotopic (exact) mass is 411 g/mol. The minimum absolute atomic E-state index is 0.126. The molecular formula is C20H20F3NO5. The first-order chi connectivity index (χ1) is 13.7. The van der Waals surface area contributed by atoms with Crippen molar-refractivity contribution in [2.45, 2.75) is 32.2 Å². The Balaban J connectivity index is 1.89. The lowest BCUT2D eigenvalue weighted by Crippen LogP contribution is -2.30. The van der Waals surface area contributed by atoms with Crippen molar-refractivity contribution >= 4 is 5.91 Å². The molecule has 0 aliphatic carbocycles. The van der Waals surface area contributed by atoms with Crippen LogP contribution in [0.2, 0.25) is 0 Å². The van der Waals surface area contributed by atoms with E-state index < -0.39 is 18.7 Å². The van der Waals surface area contributed by atoms with Gasteiger partial charge in [0.15, 0.2) is 6.23 Å². The molecule has 0 radical (unpaired) electrons. The van der Waals surface area contributed by atoms with E-state index in [0.29, 0.717) is 22.6 Å². The van der Waals surface area contributed by atoms with Gasteiger partial charge >= 0.3 is 6.36 Å². The number of carbonyl (C=O) groups is 1. The summed E-state index contributed by atoms with van der Waals surface area (Å²) in [5.74, 6) is 0.408. The number of hydrogen-bond donors (Lipinski definition) is 0. The summed E-state index contributed by atoms with van der Waals surface area (Å²) in [4.78, 5) is 14.2.